The third-order valence-corrected chi connectivity index (χ3v) is 5.33. The molecule has 4 amide bonds. The lowest BCUT2D eigenvalue weighted by Gasteiger charge is -2.22. The van der Waals surface area contributed by atoms with Crippen LogP contribution in [0.1, 0.15) is 37.0 Å². The van der Waals surface area contributed by atoms with Gasteiger partial charge in [-0.3, -0.25) is 14.5 Å². The van der Waals surface area contributed by atoms with Crippen molar-refractivity contribution in [3.8, 4) is 6.07 Å². The first-order chi connectivity index (χ1) is 14.3. The van der Waals surface area contributed by atoms with Crippen LogP contribution in [0.2, 0.25) is 5.02 Å². The first-order valence-electron chi connectivity index (χ1n) is 9.51. The third kappa shape index (κ3) is 4.14. The second-order valence-corrected chi connectivity index (χ2v) is 7.66. The van der Waals surface area contributed by atoms with Gasteiger partial charge in [-0.05, 0) is 42.7 Å². The summed E-state index contributed by atoms with van der Waals surface area (Å²) in [4.78, 5) is 38.7. The highest BCUT2D eigenvalue weighted by Gasteiger charge is 2.49. The Morgan fingerprint density at radius 2 is 1.93 bits per heavy atom. The second-order valence-electron chi connectivity index (χ2n) is 7.25. The van der Waals surface area contributed by atoms with Crippen LogP contribution < -0.4 is 10.6 Å². The van der Waals surface area contributed by atoms with Gasteiger partial charge in [0.15, 0.2) is 0 Å². The highest BCUT2D eigenvalue weighted by Crippen LogP contribution is 2.29. The monoisotopic (exact) mass is 424 g/mol. The molecule has 0 aliphatic carbocycles. The van der Waals surface area contributed by atoms with Crippen molar-refractivity contribution in [3.63, 3.8) is 0 Å². The highest BCUT2D eigenvalue weighted by molar-refractivity contribution is 6.32. The number of hydrogen-bond acceptors (Lipinski definition) is 4. The van der Waals surface area contributed by atoms with E-state index in [4.69, 9.17) is 16.9 Å². The molecule has 0 bridgehead atoms. The van der Waals surface area contributed by atoms with E-state index in [2.05, 4.69) is 17.6 Å². The van der Waals surface area contributed by atoms with E-state index in [9.17, 15) is 14.4 Å². The molecule has 1 saturated heterocycles. The van der Waals surface area contributed by atoms with Gasteiger partial charge in [0.25, 0.3) is 5.91 Å². The number of carbonyl (C=O) groups excluding carboxylic acids is 3. The quantitative estimate of drug-likeness (QED) is 0.692. The maximum Gasteiger partial charge on any atom is 0.325 e. The molecule has 0 saturated carbocycles. The van der Waals surface area contributed by atoms with Crippen LogP contribution in [-0.4, -0.2) is 29.3 Å². The van der Waals surface area contributed by atoms with E-state index < -0.39 is 29.9 Å². The van der Waals surface area contributed by atoms with E-state index in [1.165, 1.54) is 18.2 Å². The van der Waals surface area contributed by atoms with E-state index in [0.717, 1.165) is 23.3 Å². The molecule has 2 aromatic carbocycles. The van der Waals surface area contributed by atoms with Crippen LogP contribution in [0.15, 0.2) is 42.5 Å². The molecular weight excluding hydrogens is 404 g/mol. The van der Waals surface area contributed by atoms with E-state index in [-0.39, 0.29) is 10.6 Å². The van der Waals surface area contributed by atoms with Gasteiger partial charge in [0.1, 0.15) is 18.2 Å². The van der Waals surface area contributed by atoms with Gasteiger partial charge in [-0.1, -0.05) is 49.2 Å². The fourth-order valence-electron chi connectivity index (χ4n) is 3.36. The van der Waals surface area contributed by atoms with E-state index in [1.54, 1.807) is 6.92 Å². The Balaban J connectivity index is 1.72. The average Bonchev–Trinajstić information content (AvgIpc) is 2.93. The van der Waals surface area contributed by atoms with E-state index in [1.807, 2.05) is 30.3 Å². The Bertz CT molecular complexity index is 1050. The summed E-state index contributed by atoms with van der Waals surface area (Å²) in [6, 6.07) is 13.3. The van der Waals surface area contributed by atoms with E-state index >= 15 is 0 Å². The minimum atomic E-state index is -1.24. The van der Waals surface area contributed by atoms with Crippen molar-refractivity contribution >= 4 is 35.1 Å². The lowest BCUT2D eigenvalue weighted by atomic mass is 9.91. The first-order valence-corrected chi connectivity index (χ1v) is 9.89. The van der Waals surface area contributed by atoms with Crippen molar-refractivity contribution in [2.24, 2.45) is 0 Å². The number of nitrogens with one attached hydrogen (secondary N) is 2. The molecule has 2 N–H and O–H groups in total. The summed E-state index contributed by atoms with van der Waals surface area (Å²) in [7, 11) is 0. The Morgan fingerprint density at radius 1 is 1.23 bits per heavy atom. The van der Waals surface area contributed by atoms with Gasteiger partial charge < -0.3 is 10.6 Å². The van der Waals surface area contributed by atoms with Gasteiger partial charge in [0, 0.05) is 5.69 Å². The average molecular weight is 425 g/mol. The van der Waals surface area contributed by atoms with Crippen molar-refractivity contribution < 1.29 is 14.4 Å². The number of amides is 4. The summed E-state index contributed by atoms with van der Waals surface area (Å²) in [6.07, 6.45) is 1.95. The normalized spacial score (nSPS) is 18.1. The molecule has 7 nitrogen and oxygen atoms in total. The SMILES string of the molecule is CCCc1ccc(C2(C)NC(=O)N(CC(=O)Nc3ccc(C#N)c(Cl)c3)C2=O)cc1. The summed E-state index contributed by atoms with van der Waals surface area (Å²) in [6.45, 7) is 3.27. The van der Waals surface area contributed by atoms with Crippen LogP contribution in [0.5, 0.6) is 0 Å². The number of aryl methyl sites for hydroxylation is 1. The molecule has 0 aromatic heterocycles. The smallest absolute Gasteiger partial charge is 0.324 e. The van der Waals surface area contributed by atoms with Crippen molar-refractivity contribution in [1.29, 1.82) is 5.26 Å². The van der Waals surface area contributed by atoms with Crippen molar-refractivity contribution in [1.82, 2.24) is 10.2 Å². The number of hydrogen-bond donors (Lipinski definition) is 2. The predicted octanol–water partition coefficient (Wildman–Crippen LogP) is 3.57. The van der Waals surface area contributed by atoms with Crippen LogP contribution >= 0.6 is 11.6 Å². The fourth-order valence-corrected chi connectivity index (χ4v) is 3.58. The Hall–Kier alpha value is -3.37. The standard InChI is InChI=1S/C22H21ClN4O3/c1-3-4-14-5-8-16(9-6-14)22(2)20(29)27(21(30)26-22)13-19(28)25-17-10-7-15(12-24)18(23)11-17/h5-11H,3-4,13H2,1-2H3,(H,25,28)(H,26,30). The van der Waals surface area contributed by atoms with Gasteiger partial charge in [-0.25, -0.2) is 4.79 Å². The molecule has 1 atom stereocenters. The van der Waals surface area contributed by atoms with Crippen molar-refractivity contribution in [3.05, 3.63) is 64.2 Å². The molecule has 1 aliphatic rings. The third-order valence-electron chi connectivity index (χ3n) is 5.02. The molecule has 154 valence electrons. The largest absolute Gasteiger partial charge is 0.325 e. The molecule has 1 fully saturated rings. The van der Waals surface area contributed by atoms with Gasteiger partial charge in [-0.2, -0.15) is 5.26 Å². The Kier molecular flexibility index (Phi) is 6.09. The summed E-state index contributed by atoms with van der Waals surface area (Å²) >= 11 is 5.96. The molecular formula is C22H21ClN4O3. The lowest BCUT2D eigenvalue weighted by Crippen LogP contribution is -2.42. The number of anilines is 1. The number of carbonyl (C=O) groups is 3. The lowest BCUT2D eigenvalue weighted by molar-refractivity contribution is -0.133. The van der Waals surface area contributed by atoms with Gasteiger partial charge in [-0.15, -0.1) is 0 Å². The van der Waals surface area contributed by atoms with Gasteiger partial charge in [0.2, 0.25) is 5.91 Å². The molecule has 0 spiro atoms. The number of nitrogens with zero attached hydrogens (tertiary/aromatic N) is 2. The number of urea groups is 1. The molecule has 30 heavy (non-hydrogen) atoms. The predicted molar refractivity (Wildman–Crippen MR) is 113 cm³/mol. The molecule has 8 heteroatoms. The number of benzene rings is 2. The van der Waals surface area contributed by atoms with Crippen LogP contribution in [0.4, 0.5) is 10.5 Å². The number of rotatable bonds is 6. The maximum atomic E-state index is 13.0. The zero-order valence-corrected chi connectivity index (χ0v) is 17.4. The number of nitriles is 1. The van der Waals surface area contributed by atoms with Crippen molar-refractivity contribution in [2.45, 2.75) is 32.2 Å². The number of halogens is 1. The Labute approximate surface area is 179 Å². The minimum absolute atomic E-state index is 0.199. The van der Waals surface area contributed by atoms with Gasteiger partial charge in [0.05, 0.1) is 10.6 Å². The zero-order chi connectivity index (χ0) is 21.9. The summed E-state index contributed by atoms with van der Waals surface area (Å²) in [5.74, 6) is -1.05. The zero-order valence-electron chi connectivity index (χ0n) is 16.7. The van der Waals surface area contributed by atoms with Gasteiger partial charge >= 0.3 is 6.03 Å². The molecule has 1 heterocycles. The van der Waals surface area contributed by atoms with E-state index in [0.29, 0.717) is 11.3 Å². The summed E-state index contributed by atoms with van der Waals surface area (Å²) in [5.41, 5.74) is 1.22. The molecule has 3 rings (SSSR count). The number of imide groups is 1. The summed E-state index contributed by atoms with van der Waals surface area (Å²) in [5, 5.41) is 14.4. The first kappa shape index (κ1) is 21.3. The van der Waals surface area contributed by atoms with Crippen LogP contribution in [-0.2, 0) is 21.5 Å². The Morgan fingerprint density at radius 3 is 2.53 bits per heavy atom. The second kappa shape index (κ2) is 8.56. The molecule has 0 radical (unpaired) electrons. The topological polar surface area (TPSA) is 102 Å². The van der Waals surface area contributed by atoms with Crippen LogP contribution in [0.25, 0.3) is 0 Å². The molecule has 2 aromatic rings. The van der Waals surface area contributed by atoms with Crippen LogP contribution in [0.3, 0.4) is 0 Å². The van der Waals surface area contributed by atoms with Crippen LogP contribution in [0, 0.1) is 11.3 Å². The summed E-state index contributed by atoms with van der Waals surface area (Å²) < 4.78 is 0. The van der Waals surface area contributed by atoms with Crippen molar-refractivity contribution in [2.75, 3.05) is 11.9 Å². The molecule has 1 unspecified atom stereocenters. The fraction of sp³-hybridized carbons (Fsp3) is 0.273. The molecule has 1 aliphatic heterocycles. The maximum absolute atomic E-state index is 13.0. The highest BCUT2D eigenvalue weighted by atomic mass is 35.5. The minimum Gasteiger partial charge on any atom is -0.324 e.